The van der Waals surface area contributed by atoms with Gasteiger partial charge in [-0.1, -0.05) is 6.07 Å². The molecular formula is C16H19N3O3. The number of rotatable bonds is 3. The number of ether oxygens (including phenoxy) is 1. The van der Waals surface area contributed by atoms with Crippen molar-refractivity contribution in [3.63, 3.8) is 0 Å². The molecule has 1 N–H and O–H groups in total. The number of likely N-dealkylation sites (tertiary alicyclic amines) is 1. The Kier molecular flexibility index (Phi) is 4.09. The van der Waals surface area contributed by atoms with E-state index in [1.807, 2.05) is 6.07 Å². The molecule has 116 valence electrons. The molecule has 1 aromatic carbocycles. The van der Waals surface area contributed by atoms with Crippen LogP contribution in [0.3, 0.4) is 0 Å². The molecule has 0 aliphatic carbocycles. The second-order valence-corrected chi connectivity index (χ2v) is 5.51. The van der Waals surface area contributed by atoms with Crippen LogP contribution in [0.2, 0.25) is 0 Å². The van der Waals surface area contributed by atoms with Crippen molar-refractivity contribution in [2.45, 2.75) is 19.8 Å². The summed E-state index contributed by atoms with van der Waals surface area (Å²) in [5.41, 5.74) is 1.45. The molecule has 1 amide bonds. The molecule has 1 fully saturated rings. The average molecular weight is 301 g/mol. The maximum absolute atomic E-state index is 12.6. The summed E-state index contributed by atoms with van der Waals surface area (Å²) < 4.78 is 5.07. The number of carbonyl (C=O) groups is 2. The molecule has 1 aliphatic heterocycles. The molecule has 2 heterocycles. The van der Waals surface area contributed by atoms with Crippen molar-refractivity contribution in [3.05, 3.63) is 30.0 Å². The lowest BCUT2D eigenvalue weighted by atomic mass is 9.97. The van der Waals surface area contributed by atoms with Crippen molar-refractivity contribution < 1.29 is 14.3 Å². The maximum atomic E-state index is 12.6. The number of H-pyrrole nitrogens is 1. The Morgan fingerprint density at radius 2 is 2.32 bits per heavy atom. The van der Waals surface area contributed by atoms with Crippen molar-refractivity contribution in [2.75, 3.05) is 19.7 Å². The van der Waals surface area contributed by atoms with Gasteiger partial charge in [0, 0.05) is 24.0 Å². The smallest absolute Gasteiger partial charge is 0.310 e. The molecule has 1 aliphatic rings. The highest BCUT2D eigenvalue weighted by Gasteiger charge is 2.29. The van der Waals surface area contributed by atoms with Gasteiger partial charge in [0.25, 0.3) is 5.91 Å². The normalized spacial score (nSPS) is 18.4. The van der Waals surface area contributed by atoms with E-state index in [9.17, 15) is 9.59 Å². The number of aromatic amines is 1. The molecular weight excluding hydrogens is 282 g/mol. The monoisotopic (exact) mass is 301 g/mol. The summed E-state index contributed by atoms with van der Waals surface area (Å²) in [6, 6.07) is 5.48. The largest absolute Gasteiger partial charge is 0.466 e. The maximum Gasteiger partial charge on any atom is 0.310 e. The van der Waals surface area contributed by atoms with Gasteiger partial charge in [-0.2, -0.15) is 5.10 Å². The molecule has 3 rings (SSSR count). The lowest BCUT2D eigenvalue weighted by Gasteiger charge is -2.31. The molecule has 1 saturated heterocycles. The van der Waals surface area contributed by atoms with E-state index in [1.54, 1.807) is 30.2 Å². The van der Waals surface area contributed by atoms with Crippen LogP contribution in [-0.4, -0.2) is 46.7 Å². The zero-order valence-electron chi connectivity index (χ0n) is 12.5. The second-order valence-electron chi connectivity index (χ2n) is 5.51. The standard InChI is InChI=1S/C16H19N3O3/c1-2-22-16(21)13-4-3-7-19(10-13)15(20)11-5-6-12-9-17-18-14(12)8-11/h5-6,8-9,13H,2-4,7,10H2,1H3,(H,17,18). The van der Waals surface area contributed by atoms with Crippen LogP contribution in [0.1, 0.15) is 30.1 Å². The fraction of sp³-hybridized carbons (Fsp3) is 0.438. The molecule has 0 bridgehead atoms. The van der Waals surface area contributed by atoms with Crippen LogP contribution >= 0.6 is 0 Å². The molecule has 2 aromatic rings. The van der Waals surface area contributed by atoms with Gasteiger partial charge in [0.05, 0.1) is 24.2 Å². The highest BCUT2D eigenvalue weighted by Crippen LogP contribution is 2.21. The highest BCUT2D eigenvalue weighted by molar-refractivity contribution is 5.98. The molecule has 0 saturated carbocycles. The lowest BCUT2D eigenvalue weighted by molar-refractivity contribution is -0.149. The van der Waals surface area contributed by atoms with Gasteiger partial charge in [0.2, 0.25) is 0 Å². The van der Waals surface area contributed by atoms with Crippen LogP contribution in [-0.2, 0) is 9.53 Å². The quantitative estimate of drug-likeness (QED) is 0.880. The minimum Gasteiger partial charge on any atom is -0.466 e. The molecule has 6 heteroatoms. The molecule has 0 spiro atoms. The third-order valence-corrected chi connectivity index (χ3v) is 4.02. The van der Waals surface area contributed by atoms with Gasteiger partial charge in [0.1, 0.15) is 0 Å². The van der Waals surface area contributed by atoms with E-state index < -0.39 is 0 Å². The topological polar surface area (TPSA) is 75.3 Å². The van der Waals surface area contributed by atoms with E-state index >= 15 is 0 Å². The minimum atomic E-state index is -0.214. The summed E-state index contributed by atoms with van der Waals surface area (Å²) in [5, 5.41) is 7.80. The third kappa shape index (κ3) is 2.81. The van der Waals surface area contributed by atoms with Crippen LogP contribution < -0.4 is 0 Å². The summed E-state index contributed by atoms with van der Waals surface area (Å²) in [6.45, 7) is 3.28. The lowest BCUT2D eigenvalue weighted by Crippen LogP contribution is -2.42. The number of nitrogens with zero attached hydrogens (tertiary/aromatic N) is 2. The first kappa shape index (κ1) is 14.6. The van der Waals surface area contributed by atoms with E-state index in [1.165, 1.54) is 0 Å². The summed E-state index contributed by atoms with van der Waals surface area (Å²) in [4.78, 5) is 26.2. The number of aromatic nitrogens is 2. The molecule has 6 nitrogen and oxygen atoms in total. The molecule has 1 atom stereocenters. The first-order chi connectivity index (χ1) is 10.7. The summed E-state index contributed by atoms with van der Waals surface area (Å²) in [6.07, 6.45) is 3.32. The van der Waals surface area contributed by atoms with Crippen molar-refractivity contribution in [1.29, 1.82) is 0 Å². The van der Waals surface area contributed by atoms with Crippen LogP contribution in [0.4, 0.5) is 0 Å². The second kappa shape index (κ2) is 6.17. The van der Waals surface area contributed by atoms with Crippen LogP contribution in [0.5, 0.6) is 0 Å². The number of benzene rings is 1. The highest BCUT2D eigenvalue weighted by atomic mass is 16.5. The molecule has 1 unspecified atom stereocenters. The Hall–Kier alpha value is -2.37. The fourth-order valence-electron chi connectivity index (χ4n) is 2.87. The van der Waals surface area contributed by atoms with Crippen LogP contribution in [0.25, 0.3) is 10.9 Å². The van der Waals surface area contributed by atoms with E-state index in [0.29, 0.717) is 25.3 Å². The molecule has 22 heavy (non-hydrogen) atoms. The number of nitrogens with one attached hydrogen (secondary N) is 1. The Labute approximate surface area is 128 Å². The van der Waals surface area contributed by atoms with E-state index in [4.69, 9.17) is 4.74 Å². The van der Waals surface area contributed by atoms with Gasteiger partial charge in [-0.15, -0.1) is 0 Å². The number of amides is 1. The van der Waals surface area contributed by atoms with Gasteiger partial charge in [-0.3, -0.25) is 14.7 Å². The van der Waals surface area contributed by atoms with Crippen LogP contribution in [0.15, 0.2) is 24.4 Å². The Morgan fingerprint density at radius 3 is 3.14 bits per heavy atom. The van der Waals surface area contributed by atoms with Crippen molar-refractivity contribution >= 4 is 22.8 Å². The number of hydrogen-bond acceptors (Lipinski definition) is 4. The van der Waals surface area contributed by atoms with Gasteiger partial charge < -0.3 is 9.64 Å². The minimum absolute atomic E-state index is 0.0505. The Morgan fingerprint density at radius 1 is 1.45 bits per heavy atom. The number of piperidine rings is 1. The molecule has 1 aromatic heterocycles. The predicted molar refractivity (Wildman–Crippen MR) is 81.4 cm³/mol. The van der Waals surface area contributed by atoms with Crippen molar-refractivity contribution in [3.8, 4) is 0 Å². The summed E-state index contributed by atoms with van der Waals surface area (Å²) in [7, 11) is 0. The predicted octanol–water partition coefficient (Wildman–Crippen LogP) is 1.98. The van der Waals surface area contributed by atoms with Gasteiger partial charge in [0.15, 0.2) is 0 Å². The zero-order valence-corrected chi connectivity index (χ0v) is 12.5. The molecule has 0 radical (unpaired) electrons. The van der Waals surface area contributed by atoms with Crippen molar-refractivity contribution in [1.82, 2.24) is 15.1 Å². The third-order valence-electron chi connectivity index (χ3n) is 4.02. The zero-order chi connectivity index (χ0) is 15.5. The van der Waals surface area contributed by atoms with E-state index in [2.05, 4.69) is 10.2 Å². The number of hydrogen-bond donors (Lipinski definition) is 1. The van der Waals surface area contributed by atoms with Crippen molar-refractivity contribution in [2.24, 2.45) is 5.92 Å². The van der Waals surface area contributed by atoms with Crippen LogP contribution in [0, 0.1) is 5.92 Å². The van der Waals surface area contributed by atoms with Gasteiger partial charge >= 0.3 is 5.97 Å². The fourth-order valence-corrected chi connectivity index (χ4v) is 2.87. The number of carbonyl (C=O) groups excluding carboxylic acids is 2. The van der Waals surface area contributed by atoms with E-state index in [0.717, 1.165) is 23.7 Å². The van der Waals surface area contributed by atoms with Gasteiger partial charge in [-0.25, -0.2) is 0 Å². The first-order valence-corrected chi connectivity index (χ1v) is 7.58. The first-order valence-electron chi connectivity index (χ1n) is 7.58. The Bertz CT molecular complexity index is 695. The number of fused-ring (bicyclic) bond motifs is 1. The summed E-state index contributed by atoms with van der Waals surface area (Å²) in [5.74, 6) is -0.469. The number of esters is 1. The van der Waals surface area contributed by atoms with Gasteiger partial charge in [-0.05, 0) is 31.9 Å². The van der Waals surface area contributed by atoms with E-state index in [-0.39, 0.29) is 17.8 Å². The summed E-state index contributed by atoms with van der Waals surface area (Å²) >= 11 is 0. The Balaban J connectivity index is 1.74. The average Bonchev–Trinajstić information content (AvgIpc) is 3.02. The SMILES string of the molecule is CCOC(=O)C1CCCN(C(=O)c2ccc3cn[nH]c3c2)C1.